The van der Waals surface area contributed by atoms with Crippen LogP contribution in [0.15, 0.2) is 53.2 Å². The minimum absolute atomic E-state index is 0.800. The van der Waals surface area contributed by atoms with Gasteiger partial charge < -0.3 is 19.0 Å². The number of ether oxygens (including phenoxy) is 1. The summed E-state index contributed by atoms with van der Waals surface area (Å²) in [6.07, 6.45) is 9.59. The maximum Gasteiger partial charge on any atom is 0.126 e. The van der Waals surface area contributed by atoms with E-state index in [0.29, 0.717) is 0 Å². The number of benzene rings is 1. The van der Waals surface area contributed by atoms with Crippen LogP contribution in [-0.4, -0.2) is 56.7 Å². The molecule has 1 aliphatic heterocycles. The second-order valence-corrected chi connectivity index (χ2v) is 7.49. The standard InChI is InChI=1S/C23H32N2O2/c1-24(14-5-8-22-9-6-18-27-22)19-20-11-15-25(16-12-20)17-13-21-7-3-4-10-23(21)26-2/h3-10,18,20H,11-17,19H2,1-2H3. The quantitative estimate of drug-likeness (QED) is 0.664. The summed E-state index contributed by atoms with van der Waals surface area (Å²) in [5, 5.41) is 0. The van der Waals surface area contributed by atoms with Gasteiger partial charge in [0, 0.05) is 19.6 Å². The molecule has 2 aromatic rings. The van der Waals surface area contributed by atoms with Crippen molar-refractivity contribution in [2.75, 3.05) is 46.9 Å². The molecule has 0 bridgehead atoms. The van der Waals surface area contributed by atoms with Gasteiger partial charge >= 0.3 is 0 Å². The SMILES string of the molecule is COc1ccccc1CCN1CCC(CN(C)CC=Cc2ccco2)CC1. The van der Waals surface area contributed by atoms with Crippen molar-refractivity contribution in [1.82, 2.24) is 9.80 Å². The molecule has 2 heterocycles. The summed E-state index contributed by atoms with van der Waals surface area (Å²) in [6, 6.07) is 12.3. The lowest BCUT2D eigenvalue weighted by atomic mass is 9.96. The number of methoxy groups -OCH3 is 1. The van der Waals surface area contributed by atoms with E-state index in [-0.39, 0.29) is 0 Å². The van der Waals surface area contributed by atoms with Crippen LogP contribution < -0.4 is 4.74 Å². The van der Waals surface area contributed by atoms with Crippen molar-refractivity contribution in [2.24, 2.45) is 5.92 Å². The number of furan rings is 1. The monoisotopic (exact) mass is 368 g/mol. The first-order chi connectivity index (χ1) is 13.2. The minimum atomic E-state index is 0.800. The van der Waals surface area contributed by atoms with Gasteiger partial charge in [-0.25, -0.2) is 0 Å². The minimum Gasteiger partial charge on any atom is -0.496 e. The first-order valence-corrected chi connectivity index (χ1v) is 9.97. The number of rotatable bonds is 9. The van der Waals surface area contributed by atoms with Gasteiger partial charge in [0.15, 0.2) is 0 Å². The smallest absolute Gasteiger partial charge is 0.126 e. The van der Waals surface area contributed by atoms with E-state index in [2.05, 4.69) is 47.2 Å². The summed E-state index contributed by atoms with van der Waals surface area (Å²) in [4.78, 5) is 5.01. The Balaban J connectivity index is 1.35. The molecule has 0 saturated carbocycles. The Kier molecular flexibility index (Phi) is 7.55. The van der Waals surface area contributed by atoms with E-state index in [1.807, 2.05) is 18.2 Å². The molecule has 1 fully saturated rings. The van der Waals surface area contributed by atoms with E-state index >= 15 is 0 Å². The molecule has 1 aromatic heterocycles. The van der Waals surface area contributed by atoms with E-state index in [0.717, 1.165) is 36.9 Å². The molecule has 4 heteroatoms. The van der Waals surface area contributed by atoms with Crippen LogP contribution >= 0.6 is 0 Å². The van der Waals surface area contributed by atoms with Gasteiger partial charge in [-0.15, -0.1) is 0 Å². The third-order valence-electron chi connectivity index (χ3n) is 5.41. The highest BCUT2D eigenvalue weighted by Gasteiger charge is 2.20. The summed E-state index contributed by atoms with van der Waals surface area (Å²) in [5.74, 6) is 2.73. The number of likely N-dealkylation sites (N-methyl/N-ethyl adjacent to an activating group) is 1. The second kappa shape index (κ2) is 10.3. The molecule has 0 N–H and O–H groups in total. The molecule has 1 aromatic carbocycles. The Morgan fingerprint density at radius 2 is 2.00 bits per heavy atom. The largest absolute Gasteiger partial charge is 0.496 e. The Hall–Kier alpha value is -2.04. The van der Waals surface area contributed by atoms with Gasteiger partial charge in [-0.1, -0.05) is 24.3 Å². The van der Waals surface area contributed by atoms with Crippen molar-refractivity contribution < 1.29 is 9.15 Å². The molecule has 146 valence electrons. The zero-order valence-electron chi connectivity index (χ0n) is 16.6. The average molecular weight is 369 g/mol. The van der Waals surface area contributed by atoms with E-state index in [4.69, 9.17) is 9.15 Å². The molecule has 0 aliphatic carbocycles. The van der Waals surface area contributed by atoms with Crippen molar-refractivity contribution >= 4 is 6.08 Å². The maximum absolute atomic E-state index is 5.47. The van der Waals surface area contributed by atoms with Gasteiger partial charge in [0.25, 0.3) is 0 Å². The fourth-order valence-electron chi connectivity index (χ4n) is 3.83. The van der Waals surface area contributed by atoms with Gasteiger partial charge in [0.05, 0.1) is 13.4 Å². The molecule has 1 aliphatic rings. The van der Waals surface area contributed by atoms with Crippen molar-refractivity contribution in [3.05, 3.63) is 60.1 Å². The Morgan fingerprint density at radius 3 is 2.74 bits per heavy atom. The van der Waals surface area contributed by atoms with Crippen molar-refractivity contribution in [1.29, 1.82) is 0 Å². The Labute approximate surface area is 163 Å². The highest BCUT2D eigenvalue weighted by molar-refractivity contribution is 5.42. The zero-order chi connectivity index (χ0) is 18.9. The third kappa shape index (κ3) is 6.26. The molecule has 0 atom stereocenters. The lowest BCUT2D eigenvalue weighted by molar-refractivity contribution is 0.159. The molecule has 4 nitrogen and oxygen atoms in total. The van der Waals surface area contributed by atoms with E-state index < -0.39 is 0 Å². The number of piperidine rings is 1. The predicted octanol–water partition coefficient (Wildman–Crippen LogP) is 4.19. The summed E-state index contributed by atoms with van der Waals surface area (Å²) in [7, 11) is 3.96. The molecule has 3 rings (SSSR count). The molecular weight excluding hydrogens is 336 g/mol. The van der Waals surface area contributed by atoms with Crippen LogP contribution in [-0.2, 0) is 6.42 Å². The van der Waals surface area contributed by atoms with Crippen LogP contribution in [0.1, 0.15) is 24.2 Å². The molecule has 0 amide bonds. The van der Waals surface area contributed by atoms with Crippen molar-refractivity contribution in [3.8, 4) is 5.75 Å². The lowest BCUT2D eigenvalue weighted by Crippen LogP contribution is -2.38. The topological polar surface area (TPSA) is 28.9 Å². The molecule has 1 saturated heterocycles. The molecular formula is C23H32N2O2. The number of hydrogen-bond acceptors (Lipinski definition) is 4. The van der Waals surface area contributed by atoms with E-state index in [9.17, 15) is 0 Å². The van der Waals surface area contributed by atoms with Gasteiger partial charge in [0.2, 0.25) is 0 Å². The normalized spacial score (nSPS) is 16.4. The Morgan fingerprint density at radius 1 is 1.19 bits per heavy atom. The van der Waals surface area contributed by atoms with Gasteiger partial charge in [-0.2, -0.15) is 0 Å². The van der Waals surface area contributed by atoms with Gasteiger partial charge in [0.1, 0.15) is 11.5 Å². The van der Waals surface area contributed by atoms with Crippen LogP contribution in [0, 0.1) is 5.92 Å². The molecule has 27 heavy (non-hydrogen) atoms. The first kappa shape index (κ1) is 19.7. The second-order valence-electron chi connectivity index (χ2n) is 7.49. The lowest BCUT2D eigenvalue weighted by Gasteiger charge is -2.33. The molecule has 0 spiro atoms. The number of nitrogens with zero attached hydrogens (tertiary/aromatic N) is 2. The average Bonchev–Trinajstić information content (AvgIpc) is 3.21. The maximum atomic E-state index is 5.47. The fourth-order valence-corrected chi connectivity index (χ4v) is 3.83. The highest BCUT2D eigenvalue weighted by atomic mass is 16.5. The van der Waals surface area contributed by atoms with E-state index in [1.54, 1.807) is 13.4 Å². The van der Waals surface area contributed by atoms with Crippen LogP contribution in [0.5, 0.6) is 5.75 Å². The van der Waals surface area contributed by atoms with Crippen LogP contribution in [0.3, 0.4) is 0 Å². The summed E-state index contributed by atoms with van der Waals surface area (Å²) in [5.41, 5.74) is 1.31. The highest BCUT2D eigenvalue weighted by Crippen LogP contribution is 2.21. The van der Waals surface area contributed by atoms with Crippen LogP contribution in [0.4, 0.5) is 0 Å². The Bertz CT molecular complexity index is 688. The third-order valence-corrected chi connectivity index (χ3v) is 5.41. The summed E-state index contributed by atoms with van der Waals surface area (Å²) < 4.78 is 10.8. The fraction of sp³-hybridized carbons (Fsp3) is 0.478. The number of para-hydroxylation sites is 1. The van der Waals surface area contributed by atoms with Crippen molar-refractivity contribution in [3.63, 3.8) is 0 Å². The summed E-state index contributed by atoms with van der Waals surface area (Å²) in [6.45, 7) is 5.66. The summed E-state index contributed by atoms with van der Waals surface area (Å²) >= 11 is 0. The van der Waals surface area contributed by atoms with Gasteiger partial charge in [-0.05, 0) is 75.2 Å². The van der Waals surface area contributed by atoms with E-state index in [1.165, 1.54) is 38.0 Å². The number of hydrogen-bond donors (Lipinski definition) is 0. The molecule has 0 radical (unpaired) electrons. The van der Waals surface area contributed by atoms with Crippen molar-refractivity contribution in [2.45, 2.75) is 19.3 Å². The zero-order valence-corrected chi connectivity index (χ0v) is 16.6. The molecule has 0 unspecified atom stereocenters. The number of likely N-dealkylation sites (tertiary alicyclic amines) is 1. The van der Waals surface area contributed by atoms with Gasteiger partial charge in [-0.3, -0.25) is 0 Å². The predicted molar refractivity (Wildman–Crippen MR) is 111 cm³/mol. The van der Waals surface area contributed by atoms with Crippen LogP contribution in [0.2, 0.25) is 0 Å². The van der Waals surface area contributed by atoms with Crippen LogP contribution in [0.25, 0.3) is 6.08 Å². The first-order valence-electron chi connectivity index (χ1n) is 9.97.